The summed E-state index contributed by atoms with van der Waals surface area (Å²) in [6.07, 6.45) is 6.13. The van der Waals surface area contributed by atoms with E-state index in [-0.39, 0.29) is 5.91 Å². The molecule has 0 atom stereocenters. The number of carbonyl (C=O) groups is 1. The molecule has 1 aromatic carbocycles. The minimum atomic E-state index is -0.470. The molecule has 5 heteroatoms. The quantitative estimate of drug-likeness (QED) is 0.820. The zero-order valence-electron chi connectivity index (χ0n) is 11.4. The number of rotatable bonds is 3. The number of benzene rings is 1. The molecule has 2 rings (SSSR count). The fraction of sp³-hybridized carbons (Fsp3) is 0.533. The SMILES string of the molecule is NCC1(C(=O)Nc2cc(Cl)ccc2Cl)CCCCCC1. The van der Waals surface area contributed by atoms with E-state index in [9.17, 15) is 4.79 Å². The maximum atomic E-state index is 12.6. The summed E-state index contributed by atoms with van der Waals surface area (Å²) in [5.74, 6) is -0.0360. The van der Waals surface area contributed by atoms with Crippen LogP contribution < -0.4 is 11.1 Å². The molecule has 1 saturated carbocycles. The highest BCUT2D eigenvalue weighted by molar-refractivity contribution is 6.35. The third kappa shape index (κ3) is 3.46. The molecule has 0 spiro atoms. The smallest absolute Gasteiger partial charge is 0.231 e. The van der Waals surface area contributed by atoms with E-state index in [0.29, 0.717) is 22.3 Å². The Balaban J connectivity index is 2.18. The lowest BCUT2D eigenvalue weighted by atomic mass is 9.79. The van der Waals surface area contributed by atoms with E-state index in [4.69, 9.17) is 28.9 Å². The van der Waals surface area contributed by atoms with Gasteiger partial charge in [-0.2, -0.15) is 0 Å². The second-order valence-corrected chi connectivity index (χ2v) is 6.32. The van der Waals surface area contributed by atoms with E-state index in [0.717, 1.165) is 25.7 Å². The van der Waals surface area contributed by atoms with Crippen molar-refractivity contribution < 1.29 is 4.79 Å². The molecule has 0 radical (unpaired) electrons. The first kappa shape index (κ1) is 15.6. The summed E-state index contributed by atoms with van der Waals surface area (Å²) >= 11 is 12.0. The lowest BCUT2D eigenvalue weighted by Gasteiger charge is -2.30. The molecule has 110 valence electrons. The number of amides is 1. The van der Waals surface area contributed by atoms with Gasteiger partial charge in [0.25, 0.3) is 0 Å². The molecule has 3 N–H and O–H groups in total. The first-order chi connectivity index (χ1) is 9.57. The number of hydrogen-bond donors (Lipinski definition) is 2. The lowest BCUT2D eigenvalue weighted by molar-refractivity contribution is -0.125. The maximum absolute atomic E-state index is 12.6. The van der Waals surface area contributed by atoms with Gasteiger partial charge in [0.2, 0.25) is 5.91 Å². The van der Waals surface area contributed by atoms with E-state index < -0.39 is 5.41 Å². The summed E-state index contributed by atoms with van der Waals surface area (Å²) < 4.78 is 0. The Bertz CT molecular complexity index is 483. The van der Waals surface area contributed by atoms with Crippen LogP contribution in [0.2, 0.25) is 10.0 Å². The van der Waals surface area contributed by atoms with Gasteiger partial charge in [-0.15, -0.1) is 0 Å². The van der Waals surface area contributed by atoms with Crippen LogP contribution in [0.4, 0.5) is 5.69 Å². The van der Waals surface area contributed by atoms with Crippen LogP contribution in [0, 0.1) is 5.41 Å². The molecule has 1 amide bonds. The van der Waals surface area contributed by atoms with Crippen molar-refractivity contribution in [2.24, 2.45) is 11.1 Å². The van der Waals surface area contributed by atoms with Crippen molar-refractivity contribution in [3.63, 3.8) is 0 Å². The van der Waals surface area contributed by atoms with Gasteiger partial charge in [0.1, 0.15) is 0 Å². The van der Waals surface area contributed by atoms with Crippen LogP contribution in [-0.4, -0.2) is 12.5 Å². The molecule has 1 aromatic rings. The average molecular weight is 315 g/mol. The van der Waals surface area contributed by atoms with Crippen molar-refractivity contribution in [2.45, 2.75) is 38.5 Å². The molecule has 0 aliphatic heterocycles. The number of anilines is 1. The highest BCUT2D eigenvalue weighted by atomic mass is 35.5. The summed E-state index contributed by atoms with van der Waals surface area (Å²) in [5, 5.41) is 3.94. The van der Waals surface area contributed by atoms with Gasteiger partial charge < -0.3 is 11.1 Å². The molecule has 20 heavy (non-hydrogen) atoms. The summed E-state index contributed by atoms with van der Waals surface area (Å²) in [4.78, 5) is 12.6. The van der Waals surface area contributed by atoms with Crippen molar-refractivity contribution in [3.8, 4) is 0 Å². The first-order valence-corrected chi connectivity index (χ1v) is 7.79. The molecule has 0 unspecified atom stereocenters. The Morgan fingerprint density at radius 1 is 1.20 bits per heavy atom. The molecule has 0 heterocycles. The Labute approximate surface area is 129 Å². The van der Waals surface area contributed by atoms with Crippen molar-refractivity contribution >= 4 is 34.8 Å². The zero-order valence-corrected chi connectivity index (χ0v) is 12.9. The minimum Gasteiger partial charge on any atom is -0.329 e. The second kappa shape index (κ2) is 6.79. The topological polar surface area (TPSA) is 55.1 Å². The van der Waals surface area contributed by atoms with Crippen molar-refractivity contribution in [3.05, 3.63) is 28.2 Å². The standard InChI is InChI=1S/C15H20Cl2N2O/c16-11-5-6-12(17)13(9-11)19-14(20)15(10-18)7-3-1-2-4-8-15/h5-6,9H,1-4,7-8,10,18H2,(H,19,20). The zero-order chi connectivity index (χ0) is 14.6. The van der Waals surface area contributed by atoms with Gasteiger partial charge in [-0.25, -0.2) is 0 Å². The third-order valence-electron chi connectivity index (χ3n) is 4.11. The van der Waals surface area contributed by atoms with Gasteiger partial charge in [-0.3, -0.25) is 4.79 Å². The third-order valence-corrected chi connectivity index (χ3v) is 4.67. The largest absolute Gasteiger partial charge is 0.329 e. The first-order valence-electron chi connectivity index (χ1n) is 7.04. The van der Waals surface area contributed by atoms with Crippen LogP contribution in [0.1, 0.15) is 38.5 Å². The molecule has 0 saturated heterocycles. The van der Waals surface area contributed by atoms with Crippen LogP contribution in [0.3, 0.4) is 0 Å². The van der Waals surface area contributed by atoms with Crippen LogP contribution in [0.25, 0.3) is 0 Å². The lowest BCUT2D eigenvalue weighted by Crippen LogP contribution is -2.42. The number of nitrogens with two attached hydrogens (primary N) is 1. The normalized spacial score (nSPS) is 18.4. The fourth-order valence-electron chi connectivity index (χ4n) is 2.78. The summed E-state index contributed by atoms with van der Waals surface area (Å²) in [5.41, 5.74) is 6.00. The monoisotopic (exact) mass is 314 g/mol. The van der Waals surface area contributed by atoms with Gasteiger partial charge in [-0.05, 0) is 31.0 Å². The Morgan fingerprint density at radius 3 is 2.45 bits per heavy atom. The summed E-state index contributed by atoms with van der Waals surface area (Å²) in [6.45, 7) is 0.372. The highest BCUT2D eigenvalue weighted by Gasteiger charge is 2.37. The van der Waals surface area contributed by atoms with Crippen LogP contribution in [-0.2, 0) is 4.79 Å². The number of halogens is 2. The van der Waals surface area contributed by atoms with Crippen molar-refractivity contribution in [2.75, 3.05) is 11.9 Å². The summed E-state index contributed by atoms with van der Waals surface area (Å²) in [6, 6.07) is 5.05. The van der Waals surface area contributed by atoms with Gasteiger partial charge in [0.05, 0.1) is 16.1 Å². The molecule has 0 aromatic heterocycles. The van der Waals surface area contributed by atoms with E-state index in [1.54, 1.807) is 18.2 Å². The molecule has 1 aliphatic carbocycles. The average Bonchev–Trinajstić information content (AvgIpc) is 2.69. The van der Waals surface area contributed by atoms with Gasteiger partial charge in [0.15, 0.2) is 0 Å². The molecule has 3 nitrogen and oxygen atoms in total. The molecule has 0 bridgehead atoms. The predicted molar refractivity (Wildman–Crippen MR) is 84.3 cm³/mol. The Kier molecular flexibility index (Phi) is 5.30. The molecular weight excluding hydrogens is 295 g/mol. The maximum Gasteiger partial charge on any atom is 0.231 e. The van der Waals surface area contributed by atoms with Crippen molar-refractivity contribution in [1.29, 1.82) is 0 Å². The molecular formula is C15H20Cl2N2O. The Morgan fingerprint density at radius 2 is 1.85 bits per heavy atom. The van der Waals surface area contributed by atoms with E-state index in [2.05, 4.69) is 5.32 Å². The minimum absolute atomic E-state index is 0.0360. The number of carbonyl (C=O) groups excluding carboxylic acids is 1. The highest BCUT2D eigenvalue weighted by Crippen LogP contribution is 2.36. The predicted octanol–water partition coefficient (Wildman–Crippen LogP) is 4.23. The number of nitrogens with one attached hydrogen (secondary N) is 1. The van der Waals surface area contributed by atoms with Crippen LogP contribution in [0.5, 0.6) is 0 Å². The van der Waals surface area contributed by atoms with Crippen LogP contribution >= 0.6 is 23.2 Å². The number of hydrogen-bond acceptors (Lipinski definition) is 2. The van der Waals surface area contributed by atoms with Crippen LogP contribution in [0.15, 0.2) is 18.2 Å². The summed E-state index contributed by atoms with van der Waals surface area (Å²) in [7, 11) is 0. The second-order valence-electron chi connectivity index (χ2n) is 5.48. The van der Waals surface area contributed by atoms with E-state index in [1.165, 1.54) is 12.8 Å². The fourth-order valence-corrected chi connectivity index (χ4v) is 3.11. The van der Waals surface area contributed by atoms with Gasteiger partial charge in [0, 0.05) is 11.6 Å². The van der Waals surface area contributed by atoms with E-state index in [1.807, 2.05) is 0 Å². The Hall–Kier alpha value is -0.770. The van der Waals surface area contributed by atoms with Gasteiger partial charge >= 0.3 is 0 Å². The molecule has 1 fully saturated rings. The van der Waals surface area contributed by atoms with Gasteiger partial charge in [-0.1, -0.05) is 48.9 Å². The van der Waals surface area contributed by atoms with E-state index >= 15 is 0 Å². The molecule has 1 aliphatic rings. The van der Waals surface area contributed by atoms with Crippen molar-refractivity contribution in [1.82, 2.24) is 0 Å².